The van der Waals surface area contributed by atoms with E-state index >= 15 is 0 Å². The third-order valence-corrected chi connectivity index (χ3v) is 3.57. The fraction of sp³-hybridized carbons (Fsp3) is 0.467. The Bertz CT molecular complexity index is 542. The molecule has 0 aliphatic carbocycles. The molecule has 4 N–H and O–H groups in total. The van der Waals surface area contributed by atoms with Crippen LogP contribution in [0.4, 0.5) is 5.69 Å². The van der Waals surface area contributed by atoms with E-state index in [1.54, 1.807) is 0 Å². The summed E-state index contributed by atoms with van der Waals surface area (Å²) >= 11 is 0. The van der Waals surface area contributed by atoms with Crippen molar-refractivity contribution < 1.29 is 19.8 Å². The average molecular weight is 292 g/mol. The van der Waals surface area contributed by atoms with Crippen LogP contribution in [0.2, 0.25) is 0 Å². The molecule has 1 heterocycles. The molecular weight excluding hydrogens is 272 g/mol. The van der Waals surface area contributed by atoms with Crippen molar-refractivity contribution in [2.75, 3.05) is 18.4 Å². The summed E-state index contributed by atoms with van der Waals surface area (Å²) in [5.74, 6) is -1.18. The topological polar surface area (TPSA) is 98.7 Å². The molecule has 1 amide bonds. The highest BCUT2D eigenvalue weighted by Crippen LogP contribution is 2.32. The van der Waals surface area contributed by atoms with Crippen molar-refractivity contribution >= 4 is 17.6 Å². The van der Waals surface area contributed by atoms with Gasteiger partial charge in [0, 0.05) is 31.1 Å². The number of aliphatic hydroxyl groups is 1. The van der Waals surface area contributed by atoms with E-state index in [-0.39, 0.29) is 18.4 Å². The van der Waals surface area contributed by atoms with E-state index in [4.69, 9.17) is 5.11 Å². The summed E-state index contributed by atoms with van der Waals surface area (Å²) in [5, 5.41) is 24.4. The number of hydrogen-bond donors (Lipinski definition) is 4. The molecule has 0 radical (unpaired) electrons. The highest BCUT2D eigenvalue weighted by atomic mass is 16.4. The third kappa shape index (κ3) is 4.19. The fourth-order valence-corrected chi connectivity index (χ4v) is 2.51. The molecule has 2 unspecified atom stereocenters. The van der Waals surface area contributed by atoms with E-state index in [9.17, 15) is 14.7 Å². The third-order valence-electron chi connectivity index (χ3n) is 3.57. The first kappa shape index (κ1) is 15.3. The van der Waals surface area contributed by atoms with Gasteiger partial charge in [0.15, 0.2) is 0 Å². The SMILES string of the molecule is CC(O)(CNC(=O)CC1CNc2ccccc21)CC(=O)O. The van der Waals surface area contributed by atoms with E-state index in [2.05, 4.69) is 10.6 Å². The normalized spacial score (nSPS) is 19.2. The maximum Gasteiger partial charge on any atom is 0.306 e. The number of nitrogens with one attached hydrogen (secondary N) is 2. The van der Waals surface area contributed by atoms with Crippen molar-refractivity contribution in [1.29, 1.82) is 0 Å². The maximum absolute atomic E-state index is 11.9. The van der Waals surface area contributed by atoms with Crippen LogP contribution in [0.25, 0.3) is 0 Å². The predicted octanol–water partition coefficient (Wildman–Crippen LogP) is 0.928. The van der Waals surface area contributed by atoms with Crippen molar-refractivity contribution in [2.45, 2.75) is 31.3 Å². The summed E-state index contributed by atoms with van der Waals surface area (Å²) in [5.41, 5.74) is 0.728. The first-order chi connectivity index (χ1) is 9.87. The average Bonchev–Trinajstić information content (AvgIpc) is 2.79. The number of carboxylic acids is 1. The lowest BCUT2D eigenvalue weighted by Gasteiger charge is -2.22. The summed E-state index contributed by atoms with van der Waals surface area (Å²) in [6.07, 6.45) is -0.0890. The first-order valence-electron chi connectivity index (χ1n) is 6.91. The highest BCUT2D eigenvalue weighted by Gasteiger charge is 2.27. The van der Waals surface area contributed by atoms with Crippen molar-refractivity contribution in [3.05, 3.63) is 29.8 Å². The van der Waals surface area contributed by atoms with Crippen molar-refractivity contribution in [2.24, 2.45) is 0 Å². The second-order valence-electron chi connectivity index (χ2n) is 5.71. The Morgan fingerprint density at radius 2 is 2.14 bits per heavy atom. The largest absolute Gasteiger partial charge is 0.481 e. The number of benzene rings is 1. The molecule has 1 aliphatic heterocycles. The zero-order valence-electron chi connectivity index (χ0n) is 11.9. The van der Waals surface area contributed by atoms with Gasteiger partial charge in [0.1, 0.15) is 0 Å². The van der Waals surface area contributed by atoms with Crippen LogP contribution in [0.3, 0.4) is 0 Å². The number of carbonyl (C=O) groups is 2. The van der Waals surface area contributed by atoms with Crippen LogP contribution in [-0.2, 0) is 9.59 Å². The lowest BCUT2D eigenvalue weighted by Crippen LogP contribution is -2.42. The van der Waals surface area contributed by atoms with Gasteiger partial charge < -0.3 is 20.8 Å². The summed E-state index contributed by atoms with van der Waals surface area (Å²) in [7, 11) is 0. The smallest absolute Gasteiger partial charge is 0.306 e. The number of anilines is 1. The number of rotatable bonds is 6. The molecule has 0 saturated heterocycles. The molecule has 0 saturated carbocycles. The number of carboxylic acid groups (broad SMARTS) is 1. The van der Waals surface area contributed by atoms with Crippen LogP contribution in [0, 0.1) is 0 Å². The molecule has 2 atom stereocenters. The van der Waals surface area contributed by atoms with Crippen LogP contribution < -0.4 is 10.6 Å². The number of aliphatic carboxylic acids is 1. The number of carbonyl (C=O) groups excluding carboxylic acids is 1. The minimum absolute atomic E-state index is 0.0695. The van der Waals surface area contributed by atoms with Gasteiger partial charge in [-0.3, -0.25) is 9.59 Å². The molecule has 6 heteroatoms. The van der Waals surface area contributed by atoms with Gasteiger partial charge in [-0.15, -0.1) is 0 Å². The van der Waals surface area contributed by atoms with Crippen LogP contribution in [-0.4, -0.2) is 40.8 Å². The van der Waals surface area contributed by atoms with Gasteiger partial charge >= 0.3 is 5.97 Å². The molecule has 0 fully saturated rings. The molecule has 0 aromatic heterocycles. The molecular formula is C15H20N2O4. The summed E-state index contributed by atoms with van der Waals surface area (Å²) in [4.78, 5) is 22.5. The van der Waals surface area contributed by atoms with Gasteiger partial charge in [-0.05, 0) is 18.6 Å². The number of amides is 1. The Hall–Kier alpha value is -2.08. The summed E-state index contributed by atoms with van der Waals surface area (Å²) in [6, 6.07) is 7.85. The molecule has 0 bridgehead atoms. The standard InChI is InChI=1S/C15H20N2O4/c1-15(21,7-14(19)20)9-17-13(18)6-10-8-16-12-5-3-2-4-11(10)12/h2-5,10,16,21H,6-9H2,1H3,(H,17,18)(H,19,20). The molecule has 1 aromatic rings. The summed E-state index contributed by atoms with van der Waals surface area (Å²) < 4.78 is 0. The minimum Gasteiger partial charge on any atom is -0.481 e. The Morgan fingerprint density at radius 3 is 2.86 bits per heavy atom. The number of hydrogen-bond acceptors (Lipinski definition) is 4. The number of fused-ring (bicyclic) bond motifs is 1. The monoisotopic (exact) mass is 292 g/mol. The van der Waals surface area contributed by atoms with Crippen LogP contribution >= 0.6 is 0 Å². The zero-order chi connectivity index (χ0) is 15.5. The highest BCUT2D eigenvalue weighted by molar-refractivity contribution is 5.78. The van der Waals surface area contributed by atoms with Gasteiger partial charge in [-0.1, -0.05) is 18.2 Å². The van der Waals surface area contributed by atoms with E-state index in [0.717, 1.165) is 11.3 Å². The second-order valence-corrected chi connectivity index (χ2v) is 5.71. The van der Waals surface area contributed by atoms with Crippen molar-refractivity contribution in [1.82, 2.24) is 5.32 Å². The minimum atomic E-state index is -1.44. The molecule has 1 aliphatic rings. The van der Waals surface area contributed by atoms with Crippen molar-refractivity contribution in [3.8, 4) is 0 Å². The fourth-order valence-electron chi connectivity index (χ4n) is 2.51. The Kier molecular flexibility index (Phi) is 4.47. The summed E-state index contributed by atoms with van der Waals surface area (Å²) in [6.45, 7) is 2.03. The Balaban J connectivity index is 1.85. The molecule has 2 rings (SSSR count). The second kappa shape index (κ2) is 6.13. The van der Waals surface area contributed by atoms with Crippen LogP contribution in [0.1, 0.15) is 31.2 Å². The van der Waals surface area contributed by atoms with E-state index < -0.39 is 18.0 Å². The molecule has 114 valence electrons. The van der Waals surface area contributed by atoms with Gasteiger partial charge in [-0.25, -0.2) is 0 Å². The molecule has 6 nitrogen and oxygen atoms in total. The van der Waals surface area contributed by atoms with Gasteiger partial charge in [-0.2, -0.15) is 0 Å². The lowest BCUT2D eigenvalue weighted by atomic mass is 9.97. The van der Waals surface area contributed by atoms with Crippen LogP contribution in [0.5, 0.6) is 0 Å². The van der Waals surface area contributed by atoms with E-state index in [1.165, 1.54) is 6.92 Å². The molecule has 21 heavy (non-hydrogen) atoms. The van der Waals surface area contributed by atoms with Crippen molar-refractivity contribution in [3.63, 3.8) is 0 Å². The molecule has 0 spiro atoms. The van der Waals surface area contributed by atoms with Gasteiger partial charge in [0.05, 0.1) is 12.0 Å². The Morgan fingerprint density at radius 1 is 1.43 bits per heavy atom. The van der Waals surface area contributed by atoms with Crippen LogP contribution in [0.15, 0.2) is 24.3 Å². The predicted molar refractivity (Wildman–Crippen MR) is 78.2 cm³/mol. The lowest BCUT2D eigenvalue weighted by molar-refractivity contribution is -0.142. The van der Waals surface area contributed by atoms with Gasteiger partial charge in [0.2, 0.25) is 5.91 Å². The molecule has 1 aromatic carbocycles. The first-order valence-corrected chi connectivity index (χ1v) is 6.91. The Labute approximate surface area is 123 Å². The number of para-hydroxylation sites is 1. The van der Waals surface area contributed by atoms with E-state index in [1.807, 2.05) is 24.3 Å². The van der Waals surface area contributed by atoms with Gasteiger partial charge in [0.25, 0.3) is 0 Å². The quantitative estimate of drug-likeness (QED) is 0.625. The zero-order valence-corrected chi connectivity index (χ0v) is 11.9. The maximum atomic E-state index is 11.9. The van der Waals surface area contributed by atoms with E-state index in [0.29, 0.717) is 13.0 Å².